The molecular weight excluding hydrogens is 274 g/mol. The minimum absolute atomic E-state index is 0.0108. The van der Waals surface area contributed by atoms with Gasteiger partial charge in [-0.1, -0.05) is 30.3 Å². The first-order valence-corrected chi connectivity index (χ1v) is 6.66. The molecule has 1 aromatic carbocycles. The minimum Gasteiger partial charge on any atom is -0.347 e. The molecule has 0 saturated carbocycles. The second-order valence-electron chi connectivity index (χ2n) is 4.98. The third-order valence-corrected chi connectivity index (χ3v) is 3.14. The van der Waals surface area contributed by atoms with E-state index in [-0.39, 0.29) is 17.7 Å². The summed E-state index contributed by atoms with van der Waals surface area (Å²) in [6.07, 6.45) is 0. The Morgan fingerprint density at radius 1 is 1.19 bits per heavy atom. The van der Waals surface area contributed by atoms with Gasteiger partial charge in [0.1, 0.15) is 0 Å². The van der Waals surface area contributed by atoms with Gasteiger partial charge in [0, 0.05) is 18.7 Å². The molecule has 0 atom stereocenters. The molecule has 0 bridgehead atoms. The fourth-order valence-corrected chi connectivity index (χ4v) is 2.04. The van der Waals surface area contributed by atoms with Crippen LogP contribution in [0.2, 0.25) is 0 Å². The number of nitrogens with one attached hydrogen (secondary N) is 1. The van der Waals surface area contributed by atoms with Crippen LogP contribution in [0, 0.1) is 11.6 Å². The molecule has 4 nitrogen and oxygen atoms in total. The predicted molar refractivity (Wildman–Crippen MR) is 79.7 cm³/mol. The van der Waals surface area contributed by atoms with Crippen LogP contribution < -0.4 is 16.2 Å². The number of benzene rings is 1. The van der Waals surface area contributed by atoms with E-state index >= 15 is 0 Å². The van der Waals surface area contributed by atoms with Gasteiger partial charge in [-0.3, -0.25) is 0 Å². The van der Waals surface area contributed by atoms with Crippen molar-refractivity contribution in [3.8, 4) is 0 Å². The van der Waals surface area contributed by atoms with Gasteiger partial charge in [-0.25, -0.2) is 19.6 Å². The van der Waals surface area contributed by atoms with Crippen LogP contribution in [0.1, 0.15) is 19.4 Å². The van der Waals surface area contributed by atoms with Crippen molar-refractivity contribution < 1.29 is 8.78 Å². The molecule has 6 heteroatoms. The average Bonchev–Trinajstić information content (AvgIpc) is 2.46. The van der Waals surface area contributed by atoms with Gasteiger partial charge < -0.3 is 10.3 Å². The van der Waals surface area contributed by atoms with Crippen LogP contribution in [0.3, 0.4) is 0 Å². The lowest BCUT2D eigenvalue weighted by atomic mass is 10.2. The highest BCUT2D eigenvalue weighted by molar-refractivity contribution is 5.49. The number of nitrogen functional groups attached to an aromatic ring is 1. The number of rotatable bonds is 5. The molecule has 1 heterocycles. The number of nitrogens with two attached hydrogens (primary N) is 1. The highest BCUT2D eigenvalue weighted by atomic mass is 19.1. The van der Waals surface area contributed by atoms with Crippen LogP contribution in [-0.4, -0.2) is 11.0 Å². The first-order chi connectivity index (χ1) is 10.0. The number of halogens is 2. The van der Waals surface area contributed by atoms with E-state index in [0.717, 1.165) is 11.6 Å². The molecule has 21 heavy (non-hydrogen) atoms. The lowest BCUT2D eigenvalue weighted by Crippen LogP contribution is -2.32. The summed E-state index contributed by atoms with van der Waals surface area (Å²) in [6, 6.07) is 10.4. The fourth-order valence-electron chi connectivity index (χ4n) is 2.04. The maximum absolute atomic E-state index is 14.1. The van der Waals surface area contributed by atoms with Crippen LogP contribution >= 0.6 is 0 Å². The van der Waals surface area contributed by atoms with Crippen molar-refractivity contribution in [3.63, 3.8) is 0 Å². The van der Waals surface area contributed by atoms with Gasteiger partial charge >= 0.3 is 0 Å². The zero-order valence-electron chi connectivity index (χ0n) is 12.0. The van der Waals surface area contributed by atoms with Gasteiger partial charge in [0.15, 0.2) is 23.3 Å². The lowest BCUT2D eigenvalue weighted by molar-refractivity contribution is 0.559. The molecule has 3 N–H and O–H groups in total. The lowest BCUT2D eigenvalue weighted by Gasteiger charge is -2.28. The molecule has 0 radical (unpaired) electrons. The molecule has 112 valence electrons. The quantitative estimate of drug-likeness (QED) is 0.657. The van der Waals surface area contributed by atoms with Gasteiger partial charge in [-0.05, 0) is 19.4 Å². The Labute approximate surface area is 122 Å². The van der Waals surface area contributed by atoms with Gasteiger partial charge in [-0.15, -0.1) is 0 Å². The van der Waals surface area contributed by atoms with Gasteiger partial charge in [0.05, 0.1) is 0 Å². The molecule has 0 unspecified atom stereocenters. The summed E-state index contributed by atoms with van der Waals surface area (Å²) >= 11 is 0. The maximum Gasteiger partial charge on any atom is 0.178 e. The van der Waals surface area contributed by atoms with E-state index in [9.17, 15) is 8.78 Å². The third kappa shape index (κ3) is 3.46. The molecular formula is C15H18F2N4. The van der Waals surface area contributed by atoms with Crippen LogP contribution in [0.15, 0.2) is 36.4 Å². The standard InChI is InChI=1S/C15H18F2N4/c1-10(2)21(9-11-6-4-3-5-7-11)15-13(17)8-12(16)14(19-15)20-18/h3-8,10H,9,18H2,1-2H3,(H,19,20). The van der Waals surface area contributed by atoms with E-state index in [2.05, 4.69) is 10.4 Å². The minimum atomic E-state index is -0.817. The van der Waals surface area contributed by atoms with Crippen LogP contribution in [0.4, 0.5) is 20.4 Å². The molecule has 0 aliphatic carbocycles. The molecule has 2 aromatic rings. The van der Waals surface area contributed by atoms with Crippen molar-refractivity contribution in [1.29, 1.82) is 0 Å². The summed E-state index contributed by atoms with van der Waals surface area (Å²) < 4.78 is 27.5. The molecule has 0 fully saturated rings. The van der Waals surface area contributed by atoms with E-state index < -0.39 is 11.6 Å². The summed E-state index contributed by atoms with van der Waals surface area (Å²) in [6.45, 7) is 4.31. The van der Waals surface area contributed by atoms with E-state index in [4.69, 9.17) is 5.84 Å². The van der Waals surface area contributed by atoms with E-state index in [1.165, 1.54) is 0 Å². The van der Waals surface area contributed by atoms with Crippen molar-refractivity contribution in [2.75, 3.05) is 10.3 Å². The highest BCUT2D eigenvalue weighted by Crippen LogP contribution is 2.25. The van der Waals surface area contributed by atoms with Crippen molar-refractivity contribution in [2.45, 2.75) is 26.4 Å². The zero-order valence-corrected chi connectivity index (χ0v) is 12.0. The topological polar surface area (TPSA) is 54.2 Å². The summed E-state index contributed by atoms with van der Waals surface area (Å²) in [5, 5.41) is 0. The van der Waals surface area contributed by atoms with Crippen molar-refractivity contribution >= 4 is 11.6 Å². The Balaban J connectivity index is 2.39. The normalized spacial score (nSPS) is 10.8. The smallest absolute Gasteiger partial charge is 0.178 e. The Morgan fingerprint density at radius 2 is 1.86 bits per heavy atom. The Hall–Kier alpha value is -2.21. The average molecular weight is 292 g/mol. The molecule has 0 aliphatic rings. The molecule has 2 rings (SSSR count). The van der Waals surface area contributed by atoms with Crippen LogP contribution in [-0.2, 0) is 6.54 Å². The van der Waals surface area contributed by atoms with Crippen LogP contribution in [0.25, 0.3) is 0 Å². The number of hydrazine groups is 1. The SMILES string of the molecule is CC(C)N(Cc1ccccc1)c1nc(NN)c(F)cc1F. The Bertz CT molecular complexity index is 602. The maximum atomic E-state index is 14.1. The number of hydrogen-bond donors (Lipinski definition) is 2. The summed E-state index contributed by atoms with van der Waals surface area (Å²) in [5.41, 5.74) is 3.15. The van der Waals surface area contributed by atoms with Gasteiger partial charge in [0.25, 0.3) is 0 Å². The number of nitrogens with zero attached hydrogens (tertiary/aromatic N) is 2. The van der Waals surface area contributed by atoms with Crippen molar-refractivity contribution in [3.05, 3.63) is 53.6 Å². The second kappa shape index (κ2) is 6.49. The van der Waals surface area contributed by atoms with Crippen molar-refractivity contribution in [1.82, 2.24) is 4.98 Å². The van der Waals surface area contributed by atoms with Crippen molar-refractivity contribution in [2.24, 2.45) is 5.84 Å². The summed E-state index contributed by atoms with van der Waals surface area (Å²) in [5.74, 6) is 3.57. The molecule has 0 saturated heterocycles. The van der Waals surface area contributed by atoms with Crippen LogP contribution in [0.5, 0.6) is 0 Å². The number of pyridine rings is 1. The fraction of sp³-hybridized carbons (Fsp3) is 0.267. The van der Waals surface area contributed by atoms with E-state index in [1.807, 2.05) is 44.2 Å². The molecule has 0 amide bonds. The first-order valence-electron chi connectivity index (χ1n) is 6.66. The van der Waals surface area contributed by atoms with E-state index in [1.54, 1.807) is 4.90 Å². The number of hydrogen-bond acceptors (Lipinski definition) is 4. The number of anilines is 2. The Morgan fingerprint density at radius 3 is 2.43 bits per heavy atom. The largest absolute Gasteiger partial charge is 0.347 e. The highest BCUT2D eigenvalue weighted by Gasteiger charge is 2.20. The van der Waals surface area contributed by atoms with E-state index in [0.29, 0.717) is 6.54 Å². The summed E-state index contributed by atoms with van der Waals surface area (Å²) in [7, 11) is 0. The predicted octanol–water partition coefficient (Wildman–Crippen LogP) is 3.06. The molecule has 0 spiro atoms. The molecule has 0 aliphatic heterocycles. The monoisotopic (exact) mass is 292 g/mol. The second-order valence-corrected chi connectivity index (χ2v) is 4.98. The van der Waals surface area contributed by atoms with Gasteiger partial charge in [-0.2, -0.15) is 0 Å². The van der Waals surface area contributed by atoms with Gasteiger partial charge in [0.2, 0.25) is 0 Å². The molecule has 1 aromatic heterocycles. The number of aromatic nitrogens is 1. The first kappa shape index (κ1) is 15.2. The summed E-state index contributed by atoms with van der Waals surface area (Å²) in [4.78, 5) is 5.70. The zero-order chi connectivity index (χ0) is 15.4. The Kier molecular flexibility index (Phi) is 4.70. The third-order valence-electron chi connectivity index (χ3n) is 3.14.